The van der Waals surface area contributed by atoms with Crippen LogP contribution in [0, 0.1) is 11.8 Å². The van der Waals surface area contributed by atoms with Crippen molar-refractivity contribution in [1.29, 1.82) is 0 Å². The minimum Gasteiger partial charge on any atom is -0.336 e. The molecule has 1 N–H and O–H groups in total. The van der Waals surface area contributed by atoms with Crippen molar-refractivity contribution in [2.75, 3.05) is 19.6 Å². The number of nitrogens with one attached hydrogen (secondary N) is 1. The van der Waals surface area contributed by atoms with Crippen molar-refractivity contribution in [3.05, 3.63) is 47.5 Å². The molecule has 0 saturated carbocycles. The van der Waals surface area contributed by atoms with Crippen LogP contribution in [-0.2, 0) is 16.1 Å². The van der Waals surface area contributed by atoms with Crippen LogP contribution in [0.3, 0.4) is 0 Å². The second-order valence-electron chi connectivity index (χ2n) is 11.0. The molecule has 35 heavy (non-hydrogen) atoms. The first-order valence-electron chi connectivity index (χ1n) is 13.5. The smallest absolute Gasteiger partial charge is 0.325 e. The van der Waals surface area contributed by atoms with Gasteiger partial charge in [0.05, 0.1) is 12.6 Å². The highest BCUT2D eigenvalue weighted by Gasteiger charge is 2.47. The molecule has 4 saturated heterocycles. The Kier molecular flexibility index (Phi) is 6.13. The van der Waals surface area contributed by atoms with Crippen LogP contribution < -0.4 is 5.32 Å². The lowest BCUT2D eigenvalue weighted by Gasteiger charge is -2.54. The summed E-state index contributed by atoms with van der Waals surface area (Å²) in [7, 11) is 0. The van der Waals surface area contributed by atoms with Crippen molar-refractivity contribution in [3.63, 3.8) is 0 Å². The van der Waals surface area contributed by atoms with Gasteiger partial charge in [-0.05, 0) is 62.5 Å². The van der Waals surface area contributed by atoms with E-state index in [0.717, 1.165) is 31.5 Å². The molecule has 7 nitrogen and oxygen atoms in total. The molecular weight excluding hydrogens is 440 g/mol. The van der Waals surface area contributed by atoms with Crippen LogP contribution >= 0.6 is 0 Å². The number of carbonyl (C=O) groups excluding carboxylic acids is 3. The maximum Gasteiger partial charge on any atom is 0.325 e. The predicted octanol–water partition coefficient (Wildman–Crippen LogP) is 3.31. The molecule has 0 aromatic heterocycles. The third-order valence-corrected chi connectivity index (χ3v) is 8.91. The van der Waals surface area contributed by atoms with E-state index in [0.29, 0.717) is 30.7 Å². The van der Waals surface area contributed by atoms with Gasteiger partial charge in [-0.2, -0.15) is 0 Å². The number of urea groups is 1. The van der Waals surface area contributed by atoms with Crippen LogP contribution in [-0.4, -0.2) is 70.3 Å². The molecule has 4 amide bonds. The van der Waals surface area contributed by atoms with Gasteiger partial charge in [-0.1, -0.05) is 48.4 Å². The number of imide groups is 1. The molecule has 2 bridgehead atoms. The van der Waals surface area contributed by atoms with Crippen LogP contribution in [0.1, 0.15) is 56.9 Å². The van der Waals surface area contributed by atoms with Gasteiger partial charge in [0.15, 0.2) is 0 Å². The predicted molar refractivity (Wildman–Crippen MR) is 132 cm³/mol. The van der Waals surface area contributed by atoms with Gasteiger partial charge >= 0.3 is 6.03 Å². The Morgan fingerprint density at radius 3 is 2.77 bits per heavy atom. The molecule has 5 aliphatic rings. The molecule has 0 spiro atoms. The molecular formula is C28H36N4O3. The van der Waals surface area contributed by atoms with Gasteiger partial charge in [0.1, 0.15) is 6.04 Å². The number of nitrogens with zero attached hydrogens (tertiary/aromatic N) is 3. The molecule has 6 rings (SSSR count). The van der Waals surface area contributed by atoms with E-state index >= 15 is 0 Å². The SMILES string of the molecule is O=C1NC(CCC(=O)N2CCCC3=CC4CC(CN5CCCCC45)C32)C(=O)N1Cc1ccccc1. The molecule has 186 valence electrons. The van der Waals surface area contributed by atoms with E-state index in [1.165, 1.54) is 42.7 Å². The van der Waals surface area contributed by atoms with Gasteiger partial charge in [-0.3, -0.25) is 19.4 Å². The molecule has 4 aliphatic heterocycles. The van der Waals surface area contributed by atoms with E-state index in [1.807, 2.05) is 30.3 Å². The van der Waals surface area contributed by atoms with Crippen LogP contribution in [0.25, 0.3) is 0 Å². The topological polar surface area (TPSA) is 73.0 Å². The number of carbonyl (C=O) groups is 3. The zero-order valence-corrected chi connectivity index (χ0v) is 20.4. The van der Waals surface area contributed by atoms with Crippen LogP contribution in [0.4, 0.5) is 4.79 Å². The maximum absolute atomic E-state index is 13.5. The molecule has 1 aliphatic carbocycles. The highest BCUT2D eigenvalue weighted by Crippen LogP contribution is 2.45. The zero-order chi connectivity index (χ0) is 23.9. The largest absolute Gasteiger partial charge is 0.336 e. The Morgan fingerprint density at radius 2 is 1.91 bits per heavy atom. The molecule has 4 heterocycles. The van der Waals surface area contributed by atoms with Crippen molar-refractivity contribution in [2.45, 2.75) is 76.0 Å². The summed E-state index contributed by atoms with van der Waals surface area (Å²) in [6, 6.07) is 9.47. The summed E-state index contributed by atoms with van der Waals surface area (Å²) < 4.78 is 0. The Balaban J connectivity index is 1.10. The third-order valence-electron chi connectivity index (χ3n) is 8.91. The van der Waals surface area contributed by atoms with Crippen LogP contribution in [0.5, 0.6) is 0 Å². The van der Waals surface area contributed by atoms with E-state index in [4.69, 9.17) is 0 Å². The van der Waals surface area contributed by atoms with Gasteiger partial charge < -0.3 is 10.2 Å². The van der Waals surface area contributed by atoms with Crippen molar-refractivity contribution >= 4 is 17.8 Å². The van der Waals surface area contributed by atoms with Gasteiger partial charge in [-0.25, -0.2) is 4.79 Å². The average molecular weight is 477 g/mol. The summed E-state index contributed by atoms with van der Waals surface area (Å²) in [6.07, 6.45) is 10.5. The molecule has 0 radical (unpaired) electrons. The summed E-state index contributed by atoms with van der Waals surface area (Å²) in [6.45, 7) is 3.37. The number of amides is 4. The normalized spacial score (nSPS) is 32.6. The number of hydrogen-bond acceptors (Lipinski definition) is 4. The van der Waals surface area contributed by atoms with Crippen molar-refractivity contribution in [1.82, 2.24) is 20.0 Å². The fourth-order valence-corrected chi connectivity index (χ4v) is 7.35. The Labute approximate surface area is 207 Å². The highest BCUT2D eigenvalue weighted by atomic mass is 16.2. The first-order chi connectivity index (χ1) is 17.1. The van der Waals surface area contributed by atoms with Gasteiger partial charge in [-0.15, -0.1) is 0 Å². The molecule has 5 atom stereocenters. The number of hydrogen-bond donors (Lipinski definition) is 1. The summed E-state index contributed by atoms with van der Waals surface area (Å²) in [5, 5.41) is 2.80. The molecule has 1 aromatic rings. The minimum atomic E-state index is -0.616. The van der Waals surface area contributed by atoms with E-state index in [9.17, 15) is 14.4 Å². The lowest BCUT2D eigenvalue weighted by atomic mass is 9.68. The molecule has 7 heteroatoms. The first kappa shape index (κ1) is 22.8. The summed E-state index contributed by atoms with van der Waals surface area (Å²) in [5.41, 5.74) is 2.40. The first-order valence-corrected chi connectivity index (χ1v) is 13.5. The van der Waals surface area contributed by atoms with Gasteiger partial charge in [0, 0.05) is 25.6 Å². The van der Waals surface area contributed by atoms with Crippen LogP contribution in [0.2, 0.25) is 0 Å². The zero-order valence-electron chi connectivity index (χ0n) is 20.4. The second kappa shape index (κ2) is 9.41. The van der Waals surface area contributed by atoms with E-state index < -0.39 is 6.04 Å². The third kappa shape index (κ3) is 4.28. The lowest BCUT2D eigenvalue weighted by molar-refractivity contribution is -0.136. The van der Waals surface area contributed by atoms with Crippen molar-refractivity contribution < 1.29 is 14.4 Å². The van der Waals surface area contributed by atoms with Gasteiger partial charge in [0.2, 0.25) is 5.91 Å². The summed E-state index contributed by atoms with van der Waals surface area (Å²) >= 11 is 0. The fourth-order valence-electron chi connectivity index (χ4n) is 7.35. The average Bonchev–Trinajstić information content (AvgIpc) is 3.15. The fraction of sp³-hybridized carbons (Fsp3) is 0.607. The molecule has 1 aromatic carbocycles. The molecule has 5 unspecified atom stereocenters. The Morgan fingerprint density at radius 1 is 1.06 bits per heavy atom. The van der Waals surface area contributed by atoms with E-state index in [1.54, 1.807) is 0 Å². The van der Waals surface area contributed by atoms with Crippen molar-refractivity contribution in [3.8, 4) is 0 Å². The molecule has 4 fully saturated rings. The Bertz CT molecular complexity index is 1020. The minimum absolute atomic E-state index is 0.128. The van der Waals surface area contributed by atoms with E-state index in [2.05, 4.69) is 21.2 Å². The number of piperidine rings is 3. The maximum atomic E-state index is 13.5. The highest BCUT2D eigenvalue weighted by molar-refractivity contribution is 6.04. The number of fused-ring (bicyclic) bond motifs is 6. The quantitative estimate of drug-likeness (QED) is 0.523. The summed E-state index contributed by atoms with van der Waals surface area (Å²) in [5.74, 6) is 1.07. The van der Waals surface area contributed by atoms with Gasteiger partial charge in [0.25, 0.3) is 5.91 Å². The second-order valence-corrected chi connectivity index (χ2v) is 11.0. The summed E-state index contributed by atoms with van der Waals surface area (Å²) in [4.78, 5) is 44.9. The number of likely N-dealkylation sites (tertiary alicyclic amines) is 1. The number of rotatable bonds is 5. The Hall–Kier alpha value is -2.67. The standard InChI is InChI=1S/C28H36N4O3/c33-25(12-11-23-27(34)32(28(35)29-23)17-19-7-2-1-3-8-19)31-14-6-9-20-15-21-16-22(26(20)31)18-30-13-5-4-10-24(21)30/h1-3,7-8,15,21-24,26H,4-6,9-14,16-18H2,(H,29,35). The van der Waals surface area contributed by atoms with Crippen molar-refractivity contribution in [2.24, 2.45) is 11.8 Å². The monoisotopic (exact) mass is 476 g/mol. The number of benzene rings is 1. The van der Waals surface area contributed by atoms with Crippen LogP contribution in [0.15, 0.2) is 42.0 Å². The van der Waals surface area contributed by atoms with E-state index in [-0.39, 0.29) is 30.4 Å². The lowest BCUT2D eigenvalue weighted by Crippen LogP contribution is -2.60.